The molecule has 0 N–H and O–H groups in total. The minimum absolute atomic E-state index is 0.0982. The van der Waals surface area contributed by atoms with E-state index in [2.05, 4.69) is 0 Å². The van der Waals surface area contributed by atoms with Crippen LogP contribution in [-0.4, -0.2) is 34.7 Å². The number of likely N-dealkylation sites (N-methyl/N-ethyl adjacent to an activating group) is 1. The number of thiophene rings is 1. The van der Waals surface area contributed by atoms with Crippen LogP contribution < -0.4 is 0 Å². The van der Waals surface area contributed by atoms with Gasteiger partial charge in [-0.3, -0.25) is 9.59 Å². The lowest BCUT2D eigenvalue weighted by molar-refractivity contribution is -0.135. The fourth-order valence-electron chi connectivity index (χ4n) is 3.50. The van der Waals surface area contributed by atoms with Crippen molar-refractivity contribution >= 4 is 34.8 Å². The van der Waals surface area contributed by atoms with Crippen molar-refractivity contribution in [3.8, 4) is 0 Å². The van der Waals surface area contributed by atoms with Gasteiger partial charge in [-0.1, -0.05) is 35.9 Å². The third-order valence-electron chi connectivity index (χ3n) is 4.92. The van der Waals surface area contributed by atoms with Gasteiger partial charge in [-0.05, 0) is 35.4 Å². The first-order valence-electron chi connectivity index (χ1n) is 8.93. The van der Waals surface area contributed by atoms with Crippen molar-refractivity contribution in [3.63, 3.8) is 0 Å². The van der Waals surface area contributed by atoms with Gasteiger partial charge in [0.2, 0.25) is 5.91 Å². The number of carbonyl (C=O) groups excluding carboxylic acids is 2. The molecule has 0 radical (unpaired) electrons. The number of nitrogens with zero attached hydrogens (tertiary/aromatic N) is 2. The average Bonchev–Trinajstić information content (AvgIpc) is 3.37. The van der Waals surface area contributed by atoms with E-state index in [1.165, 1.54) is 17.6 Å². The Hall–Kier alpha value is -2.57. The minimum atomic E-state index is -0.576. The third kappa shape index (κ3) is 3.70. The van der Waals surface area contributed by atoms with E-state index in [1.807, 2.05) is 36.4 Å². The molecule has 0 saturated carbocycles. The molecule has 0 spiro atoms. The van der Waals surface area contributed by atoms with Gasteiger partial charge < -0.3 is 14.2 Å². The van der Waals surface area contributed by atoms with E-state index >= 15 is 0 Å². The predicted molar refractivity (Wildman–Crippen MR) is 108 cm³/mol. The number of amides is 2. The summed E-state index contributed by atoms with van der Waals surface area (Å²) in [4.78, 5) is 30.6. The van der Waals surface area contributed by atoms with Crippen LogP contribution in [0.2, 0.25) is 4.34 Å². The number of carbonyl (C=O) groups is 2. The normalized spacial score (nSPS) is 15.9. The van der Waals surface area contributed by atoms with Crippen LogP contribution in [0, 0.1) is 0 Å². The molecule has 0 aliphatic carbocycles. The largest absolute Gasteiger partial charge is 0.459 e. The molecule has 1 unspecified atom stereocenters. The molecule has 3 heterocycles. The number of furan rings is 1. The monoisotopic (exact) mass is 414 g/mol. The van der Waals surface area contributed by atoms with Crippen molar-refractivity contribution < 1.29 is 14.0 Å². The van der Waals surface area contributed by atoms with Crippen molar-refractivity contribution in [1.82, 2.24) is 9.80 Å². The lowest BCUT2D eigenvalue weighted by Crippen LogP contribution is -2.52. The molecule has 1 aliphatic heterocycles. The smallest absolute Gasteiger partial charge is 0.290 e. The summed E-state index contributed by atoms with van der Waals surface area (Å²) in [5.74, 6) is -0.130. The molecule has 3 aromatic rings. The molecule has 5 nitrogen and oxygen atoms in total. The highest BCUT2D eigenvalue weighted by Gasteiger charge is 2.37. The van der Waals surface area contributed by atoms with Crippen molar-refractivity contribution in [2.45, 2.75) is 25.6 Å². The Morgan fingerprint density at radius 2 is 1.96 bits per heavy atom. The summed E-state index contributed by atoms with van der Waals surface area (Å²) in [5, 5.41) is 0. The van der Waals surface area contributed by atoms with E-state index in [0.717, 1.165) is 16.0 Å². The maximum Gasteiger partial charge on any atom is 0.290 e. The molecule has 144 valence electrons. The fraction of sp³-hybridized carbons (Fsp3) is 0.238. The van der Waals surface area contributed by atoms with Gasteiger partial charge in [0.05, 0.1) is 17.1 Å². The Labute approximate surface area is 172 Å². The highest BCUT2D eigenvalue weighted by atomic mass is 35.5. The van der Waals surface area contributed by atoms with Crippen LogP contribution in [0.4, 0.5) is 0 Å². The summed E-state index contributed by atoms with van der Waals surface area (Å²) in [6.45, 7) is 0.835. The molecular weight excluding hydrogens is 396 g/mol. The van der Waals surface area contributed by atoms with E-state index in [1.54, 1.807) is 29.0 Å². The number of fused-ring (bicyclic) bond motifs is 1. The van der Waals surface area contributed by atoms with Crippen molar-refractivity contribution in [2.24, 2.45) is 0 Å². The van der Waals surface area contributed by atoms with Gasteiger partial charge in [-0.15, -0.1) is 11.3 Å². The molecule has 4 rings (SSSR count). The first-order valence-corrected chi connectivity index (χ1v) is 10.1. The molecule has 1 aliphatic rings. The quantitative estimate of drug-likeness (QED) is 0.642. The maximum atomic E-state index is 13.3. The van der Waals surface area contributed by atoms with Crippen LogP contribution in [0.1, 0.15) is 26.6 Å². The molecule has 0 fully saturated rings. The zero-order chi connectivity index (χ0) is 19.7. The number of halogens is 1. The highest BCUT2D eigenvalue weighted by molar-refractivity contribution is 7.16. The Morgan fingerprint density at radius 3 is 2.64 bits per heavy atom. The van der Waals surface area contributed by atoms with Gasteiger partial charge in [0.15, 0.2) is 5.76 Å². The average molecular weight is 415 g/mol. The van der Waals surface area contributed by atoms with E-state index < -0.39 is 6.04 Å². The molecule has 28 heavy (non-hydrogen) atoms. The number of benzene rings is 1. The van der Waals surface area contributed by atoms with Crippen molar-refractivity contribution in [2.75, 3.05) is 7.05 Å². The number of hydrogen-bond acceptors (Lipinski definition) is 4. The Balaban J connectivity index is 1.61. The summed E-state index contributed by atoms with van der Waals surface area (Å²) in [6.07, 6.45) is 1.95. The number of rotatable bonds is 4. The Kier molecular flexibility index (Phi) is 5.24. The molecule has 2 aromatic heterocycles. The van der Waals surface area contributed by atoms with Crippen LogP contribution in [-0.2, 0) is 24.3 Å². The third-order valence-corrected chi connectivity index (χ3v) is 6.14. The fourth-order valence-corrected chi connectivity index (χ4v) is 4.64. The topological polar surface area (TPSA) is 53.8 Å². The zero-order valence-corrected chi connectivity index (χ0v) is 16.9. The van der Waals surface area contributed by atoms with Gasteiger partial charge in [0.25, 0.3) is 5.91 Å². The van der Waals surface area contributed by atoms with Crippen LogP contribution >= 0.6 is 22.9 Å². The molecule has 2 amide bonds. The van der Waals surface area contributed by atoms with Crippen LogP contribution in [0.5, 0.6) is 0 Å². The van der Waals surface area contributed by atoms with Crippen LogP contribution in [0.25, 0.3) is 0 Å². The second-order valence-corrected chi connectivity index (χ2v) is 8.60. The number of hydrogen-bond donors (Lipinski definition) is 0. The van der Waals surface area contributed by atoms with Gasteiger partial charge in [-0.25, -0.2) is 0 Å². The highest BCUT2D eigenvalue weighted by Crippen LogP contribution is 2.27. The van der Waals surface area contributed by atoms with Crippen molar-refractivity contribution in [1.29, 1.82) is 0 Å². The SMILES string of the molecule is CN(Cc1ccc(Cl)s1)C(=O)C1Cc2ccccc2CN1C(=O)c1ccco1. The van der Waals surface area contributed by atoms with E-state index in [-0.39, 0.29) is 17.6 Å². The van der Waals surface area contributed by atoms with Crippen LogP contribution in [0.3, 0.4) is 0 Å². The van der Waals surface area contributed by atoms with Gasteiger partial charge >= 0.3 is 0 Å². The van der Waals surface area contributed by atoms with Gasteiger partial charge in [-0.2, -0.15) is 0 Å². The first kappa shape index (κ1) is 18.8. The van der Waals surface area contributed by atoms with E-state index in [4.69, 9.17) is 16.0 Å². The summed E-state index contributed by atoms with van der Waals surface area (Å²) in [7, 11) is 1.76. The summed E-state index contributed by atoms with van der Waals surface area (Å²) >= 11 is 7.45. The summed E-state index contributed by atoms with van der Waals surface area (Å²) < 4.78 is 5.99. The molecule has 1 atom stereocenters. The van der Waals surface area contributed by atoms with E-state index in [0.29, 0.717) is 23.8 Å². The second-order valence-electron chi connectivity index (χ2n) is 6.80. The van der Waals surface area contributed by atoms with Crippen LogP contribution in [0.15, 0.2) is 59.2 Å². The summed E-state index contributed by atoms with van der Waals surface area (Å²) in [5.41, 5.74) is 2.15. The molecule has 7 heteroatoms. The van der Waals surface area contributed by atoms with Gasteiger partial charge in [0, 0.05) is 24.9 Å². The maximum absolute atomic E-state index is 13.3. The second kappa shape index (κ2) is 7.81. The summed E-state index contributed by atoms with van der Waals surface area (Å²) in [6, 6.07) is 14.4. The molecule has 1 aromatic carbocycles. The Morgan fingerprint density at radius 1 is 1.18 bits per heavy atom. The zero-order valence-electron chi connectivity index (χ0n) is 15.3. The lowest BCUT2D eigenvalue weighted by Gasteiger charge is -2.37. The lowest BCUT2D eigenvalue weighted by atomic mass is 9.93. The minimum Gasteiger partial charge on any atom is -0.459 e. The Bertz CT molecular complexity index is 999. The van der Waals surface area contributed by atoms with E-state index in [9.17, 15) is 9.59 Å². The van der Waals surface area contributed by atoms with Crippen molar-refractivity contribution in [3.05, 3.63) is 80.9 Å². The standard InChI is InChI=1S/C21H19ClN2O3S/c1-23(13-16-8-9-19(22)28-16)20(25)17-11-14-5-2-3-6-15(14)12-24(17)21(26)18-7-4-10-27-18/h2-10,17H,11-13H2,1H3. The molecule has 0 bridgehead atoms. The predicted octanol–water partition coefficient (Wildman–Crippen LogP) is 4.22. The molecule has 0 saturated heterocycles. The molecular formula is C21H19ClN2O3S. The first-order chi connectivity index (χ1) is 13.5. The van der Waals surface area contributed by atoms with Gasteiger partial charge in [0.1, 0.15) is 6.04 Å².